The number of phenolic OH excluding ortho intramolecular Hbond substituents is 1. The molecule has 2 N–H and O–H groups in total. The van der Waals surface area contributed by atoms with Crippen molar-refractivity contribution in [1.82, 2.24) is 0 Å². The number of methoxy groups -OCH3 is 1. The second kappa shape index (κ2) is 6.54. The third-order valence-corrected chi connectivity index (χ3v) is 6.20. The van der Waals surface area contributed by atoms with Crippen molar-refractivity contribution in [3.8, 4) is 17.2 Å². The van der Waals surface area contributed by atoms with Gasteiger partial charge >= 0.3 is 0 Å². The Hall–Kier alpha value is -1.51. The van der Waals surface area contributed by atoms with E-state index >= 15 is 0 Å². The number of aromatic hydroxyl groups is 1. The number of sulfone groups is 1. The molecule has 0 radical (unpaired) electrons. The molecule has 2 atom stereocenters. The van der Waals surface area contributed by atoms with Crippen molar-refractivity contribution in [3.05, 3.63) is 17.7 Å². The Morgan fingerprint density at radius 2 is 2.09 bits per heavy atom. The Bertz CT molecular complexity index is 675. The molecule has 0 aromatic heterocycles. The molecule has 1 aromatic carbocycles. The van der Waals surface area contributed by atoms with E-state index < -0.39 is 9.84 Å². The zero-order valence-corrected chi connectivity index (χ0v) is 13.9. The van der Waals surface area contributed by atoms with Crippen molar-refractivity contribution in [2.45, 2.75) is 19.0 Å². The lowest BCUT2D eigenvalue weighted by Crippen LogP contribution is -3.15. The number of nitrogens with one attached hydrogen (secondary N) is 1. The van der Waals surface area contributed by atoms with Gasteiger partial charge in [0.2, 0.25) is 6.79 Å². The summed E-state index contributed by atoms with van der Waals surface area (Å²) in [6, 6.07) is 3.35. The van der Waals surface area contributed by atoms with E-state index in [1.807, 2.05) is 0 Å². The molecule has 23 heavy (non-hydrogen) atoms. The zero-order chi connectivity index (χ0) is 16.4. The predicted octanol–water partition coefficient (Wildman–Crippen LogP) is -0.661. The van der Waals surface area contributed by atoms with Gasteiger partial charge in [-0.1, -0.05) is 0 Å². The molecule has 128 valence electrons. The number of rotatable bonds is 6. The Morgan fingerprint density at radius 3 is 2.74 bits per heavy atom. The molecule has 8 heteroatoms. The molecular weight excluding hydrogens is 322 g/mol. The quantitative estimate of drug-likeness (QED) is 0.713. The van der Waals surface area contributed by atoms with Crippen LogP contribution in [-0.4, -0.2) is 58.1 Å². The second-order valence-corrected chi connectivity index (χ2v) is 8.24. The van der Waals surface area contributed by atoms with Crippen molar-refractivity contribution in [3.63, 3.8) is 0 Å². The second-order valence-electron chi connectivity index (χ2n) is 6.01. The summed E-state index contributed by atoms with van der Waals surface area (Å²) in [4.78, 5) is 1.10. The molecule has 2 heterocycles. The van der Waals surface area contributed by atoms with Crippen LogP contribution in [0.15, 0.2) is 12.1 Å². The van der Waals surface area contributed by atoms with Gasteiger partial charge in [-0.2, -0.15) is 0 Å². The van der Waals surface area contributed by atoms with Crippen LogP contribution in [0.4, 0.5) is 0 Å². The molecule has 7 nitrogen and oxygen atoms in total. The largest absolute Gasteiger partial charge is 0.507 e. The standard InChI is InChI=1S/C15H21NO6S/c1-20-4-3-16(12-2-5-23(18,19)9-12)8-11-6-14-15(7-13(11)17)22-10-21-14/h6-7,12,17H,2-5,8-10H2,1H3/p+1/t12-/m0/s1. The maximum Gasteiger partial charge on any atom is 0.231 e. The molecule has 1 unspecified atom stereocenters. The van der Waals surface area contributed by atoms with Gasteiger partial charge in [0.05, 0.1) is 17.9 Å². The Labute approximate surface area is 135 Å². The third kappa shape index (κ3) is 3.70. The summed E-state index contributed by atoms with van der Waals surface area (Å²) in [7, 11) is -1.32. The van der Waals surface area contributed by atoms with Crippen molar-refractivity contribution in [1.29, 1.82) is 0 Å². The van der Waals surface area contributed by atoms with Crippen LogP contribution in [0.2, 0.25) is 0 Å². The molecule has 0 spiro atoms. The summed E-state index contributed by atoms with van der Waals surface area (Å²) < 4.78 is 39.3. The monoisotopic (exact) mass is 344 g/mol. The molecule has 1 aromatic rings. The number of phenols is 1. The lowest BCUT2D eigenvalue weighted by Gasteiger charge is -2.25. The molecule has 2 aliphatic rings. The minimum atomic E-state index is -2.95. The molecule has 3 rings (SSSR count). The highest BCUT2D eigenvalue weighted by molar-refractivity contribution is 7.91. The van der Waals surface area contributed by atoms with Gasteiger partial charge in [-0.15, -0.1) is 0 Å². The highest BCUT2D eigenvalue weighted by Crippen LogP contribution is 2.37. The predicted molar refractivity (Wildman–Crippen MR) is 82.7 cm³/mol. The van der Waals surface area contributed by atoms with Crippen molar-refractivity contribution >= 4 is 9.84 Å². The highest BCUT2D eigenvalue weighted by Gasteiger charge is 2.35. The van der Waals surface area contributed by atoms with Crippen LogP contribution in [0.3, 0.4) is 0 Å². The Balaban J connectivity index is 1.78. The number of benzene rings is 1. The number of ether oxygens (including phenoxy) is 3. The molecular formula is C15H22NO6S+. The first kappa shape index (κ1) is 16.4. The van der Waals surface area contributed by atoms with E-state index in [1.165, 1.54) is 0 Å². The van der Waals surface area contributed by atoms with Gasteiger partial charge in [0.15, 0.2) is 21.3 Å². The van der Waals surface area contributed by atoms with Crippen LogP contribution in [0.1, 0.15) is 12.0 Å². The third-order valence-electron chi connectivity index (χ3n) is 4.43. The number of hydrogen-bond acceptors (Lipinski definition) is 6. The summed E-state index contributed by atoms with van der Waals surface area (Å²) in [6.45, 7) is 1.90. The van der Waals surface area contributed by atoms with Gasteiger partial charge in [-0.3, -0.25) is 0 Å². The van der Waals surface area contributed by atoms with E-state index in [2.05, 4.69) is 0 Å². The minimum Gasteiger partial charge on any atom is -0.507 e. The van der Waals surface area contributed by atoms with Gasteiger partial charge in [0.1, 0.15) is 30.6 Å². The number of hydrogen-bond donors (Lipinski definition) is 2. The van der Waals surface area contributed by atoms with Gasteiger partial charge in [-0.05, 0) is 6.07 Å². The maximum absolute atomic E-state index is 11.8. The first-order chi connectivity index (χ1) is 11.0. The van der Waals surface area contributed by atoms with Crippen LogP contribution >= 0.6 is 0 Å². The van der Waals surface area contributed by atoms with E-state index in [0.717, 1.165) is 10.5 Å². The lowest BCUT2D eigenvalue weighted by atomic mass is 10.1. The van der Waals surface area contributed by atoms with Crippen LogP contribution in [0.5, 0.6) is 17.2 Å². The number of quaternary nitrogens is 1. The van der Waals surface area contributed by atoms with Gasteiger partial charge in [0.25, 0.3) is 0 Å². The van der Waals surface area contributed by atoms with E-state index in [0.29, 0.717) is 37.6 Å². The molecule has 1 saturated heterocycles. The fourth-order valence-corrected chi connectivity index (χ4v) is 4.97. The minimum absolute atomic E-state index is 0.0278. The van der Waals surface area contributed by atoms with Crippen LogP contribution in [-0.2, 0) is 21.1 Å². The zero-order valence-electron chi connectivity index (χ0n) is 13.1. The van der Waals surface area contributed by atoms with Gasteiger partial charge in [0, 0.05) is 19.6 Å². The molecule has 0 amide bonds. The average Bonchev–Trinajstić information content (AvgIpc) is 3.09. The van der Waals surface area contributed by atoms with Crippen molar-refractivity contribution in [2.75, 3.05) is 38.6 Å². The van der Waals surface area contributed by atoms with Crippen LogP contribution in [0, 0.1) is 0 Å². The average molecular weight is 344 g/mol. The summed E-state index contributed by atoms with van der Waals surface area (Å²) >= 11 is 0. The normalized spacial score (nSPS) is 23.1. The Kier molecular flexibility index (Phi) is 4.65. The van der Waals surface area contributed by atoms with Gasteiger partial charge < -0.3 is 24.2 Å². The topological polar surface area (TPSA) is 86.5 Å². The van der Waals surface area contributed by atoms with Crippen LogP contribution in [0.25, 0.3) is 0 Å². The van der Waals surface area contributed by atoms with Gasteiger partial charge in [-0.25, -0.2) is 8.42 Å². The van der Waals surface area contributed by atoms with Crippen LogP contribution < -0.4 is 14.4 Å². The first-order valence-electron chi connectivity index (χ1n) is 7.64. The molecule has 1 fully saturated rings. The smallest absolute Gasteiger partial charge is 0.231 e. The fourth-order valence-electron chi connectivity index (χ4n) is 3.15. The first-order valence-corrected chi connectivity index (χ1v) is 9.46. The summed E-state index contributed by atoms with van der Waals surface area (Å²) in [6.07, 6.45) is 0.646. The molecule has 0 aliphatic carbocycles. The van der Waals surface area contributed by atoms with Crippen molar-refractivity contribution < 1.29 is 32.6 Å². The molecule has 0 saturated carbocycles. The SMILES string of the molecule is COCC[NH+](Cc1cc2c(cc1O)OCO2)[C@H]1CCS(=O)(=O)C1. The summed E-state index contributed by atoms with van der Waals surface area (Å²) in [5.41, 5.74) is 0.727. The summed E-state index contributed by atoms with van der Waals surface area (Å²) in [5.74, 6) is 1.72. The van der Waals surface area contributed by atoms with E-state index in [1.54, 1.807) is 19.2 Å². The fraction of sp³-hybridized carbons (Fsp3) is 0.600. The number of fused-ring (bicyclic) bond motifs is 1. The Morgan fingerprint density at radius 1 is 1.35 bits per heavy atom. The summed E-state index contributed by atoms with van der Waals surface area (Å²) in [5, 5.41) is 10.2. The van der Waals surface area contributed by atoms with E-state index in [9.17, 15) is 13.5 Å². The molecule has 0 bridgehead atoms. The maximum atomic E-state index is 11.8. The van der Waals surface area contributed by atoms with E-state index in [4.69, 9.17) is 14.2 Å². The lowest BCUT2D eigenvalue weighted by molar-refractivity contribution is -0.936. The highest BCUT2D eigenvalue weighted by atomic mass is 32.2. The molecule has 2 aliphatic heterocycles. The van der Waals surface area contributed by atoms with E-state index in [-0.39, 0.29) is 30.1 Å². The van der Waals surface area contributed by atoms with Crippen molar-refractivity contribution in [2.24, 2.45) is 0 Å².